The number of ketones is 1. The third-order valence-corrected chi connectivity index (χ3v) is 9.89. The highest BCUT2D eigenvalue weighted by molar-refractivity contribution is 5.91. The molecule has 0 aromatic carbocycles. The summed E-state index contributed by atoms with van der Waals surface area (Å²) in [5.41, 5.74) is -1.00. The lowest BCUT2D eigenvalue weighted by atomic mass is 9.46. The number of nitrogens with zero attached hydrogens (tertiary/aromatic N) is 1. The summed E-state index contributed by atoms with van der Waals surface area (Å²) in [6.45, 7) is 4.45. The van der Waals surface area contributed by atoms with Crippen molar-refractivity contribution in [2.45, 2.75) is 71.3 Å². The molecule has 2 N–H and O–H groups in total. The molecule has 8 heteroatoms. The molecule has 3 saturated carbocycles. The fourth-order valence-electron chi connectivity index (χ4n) is 8.27. The molecule has 7 atom stereocenters. The molecule has 0 bridgehead atoms. The number of fused-ring (bicyclic) bond motifs is 5. The second-order valence-electron chi connectivity index (χ2n) is 11.1. The van der Waals surface area contributed by atoms with E-state index in [0.29, 0.717) is 30.6 Å². The lowest BCUT2D eigenvalue weighted by Crippen LogP contribution is -2.52. The normalized spacial score (nSPS) is 38.6. The fourth-order valence-corrected chi connectivity index (χ4v) is 8.27. The highest BCUT2D eigenvalue weighted by atomic mass is 19.1. The topological polar surface area (TPSA) is 109 Å². The Kier molecular flexibility index (Phi) is 5.07. The molecule has 3 fully saturated rings. The van der Waals surface area contributed by atoms with Crippen LogP contribution in [0, 0.1) is 40.3 Å². The molecule has 4 aliphatic rings. The van der Waals surface area contributed by atoms with Gasteiger partial charge in [0.15, 0.2) is 5.78 Å². The highest BCUT2D eigenvalue weighted by Gasteiger charge is 2.61. The Morgan fingerprint density at radius 1 is 1.12 bits per heavy atom. The number of hydrogen-bond donors (Lipinski definition) is 2. The Bertz CT molecular complexity index is 1170. The molecule has 178 valence electrons. The Morgan fingerprint density at radius 2 is 1.88 bits per heavy atom. The number of aromatic amines is 1. The number of H-pyrrole nitrogens is 1. The van der Waals surface area contributed by atoms with Gasteiger partial charge in [-0.3, -0.25) is 19.1 Å². The quantitative estimate of drug-likeness (QED) is 0.721. The lowest BCUT2D eigenvalue weighted by Gasteiger charge is -2.58. The van der Waals surface area contributed by atoms with Crippen LogP contribution in [-0.2, 0) is 9.59 Å². The largest absolute Gasteiger partial charge is 0.480 e. The van der Waals surface area contributed by atoms with Gasteiger partial charge in [0.1, 0.15) is 6.04 Å². The minimum Gasteiger partial charge on any atom is -0.480 e. The van der Waals surface area contributed by atoms with Crippen LogP contribution in [0.5, 0.6) is 0 Å². The van der Waals surface area contributed by atoms with Gasteiger partial charge in [-0.05, 0) is 85.5 Å². The van der Waals surface area contributed by atoms with E-state index in [1.165, 1.54) is 5.57 Å². The van der Waals surface area contributed by atoms with Crippen LogP contribution in [0.4, 0.5) is 4.39 Å². The molecular formula is C25H31FN2O5. The van der Waals surface area contributed by atoms with E-state index in [2.05, 4.69) is 13.8 Å². The van der Waals surface area contributed by atoms with E-state index in [1.54, 1.807) is 0 Å². The van der Waals surface area contributed by atoms with Crippen molar-refractivity contribution in [3.05, 3.63) is 44.5 Å². The summed E-state index contributed by atoms with van der Waals surface area (Å²) in [6, 6.07) is -1.22. The third-order valence-electron chi connectivity index (χ3n) is 9.89. The van der Waals surface area contributed by atoms with E-state index >= 15 is 0 Å². The van der Waals surface area contributed by atoms with Crippen molar-refractivity contribution in [1.29, 1.82) is 0 Å². The first-order valence-electron chi connectivity index (χ1n) is 12.0. The summed E-state index contributed by atoms with van der Waals surface area (Å²) < 4.78 is 14.9. The summed E-state index contributed by atoms with van der Waals surface area (Å²) in [6.07, 6.45) is 9.33. The monoisotopic (exact) mass is 458 g/mol. The maximum atomic E-state index is 14.0. The first-order valence-corrected chi connectivity index (χ1v) is 12.0. The number of rotatable bonds is 3. The van der Waals surface area contributed by atoms with E-state index in [9.17, 15) is 28.7 Å². The Morgan fingerprint density at radius 3 is 2.61 bits per heavy atom. The maximum Gasteiger partial charge on any atom is 0.329 e. The van der Waals surface area contributed by atoms with Gasteiger partial charge in [0, 0.05) is 6.42 Å². The van der Waals surface area contributed by atoms with Gasteiger partial charge in [0.05, 0.1) is 6.20 Å². The van der Waals surface area contributed by atoms with Crippen LogP contribution < -0.4 is 11.2 Å². The standard InChI is InChI=1S/C25H31FN2O5/c1-24-9-7-14(29)11-13(24)3-4-15-16-5-6-18(25(16,2)10-8-17(15)24)20(22(31)32)28-12-19(26)21(30)27-23(28)33/h11-12,15-18,20H,3-10H2,1-2H3,(H,31,32)(H,27,30,33)/t15-,16-,17-,18+,20?,24-,25-/m0/s1. The first-order chi connectivity index (χ1) is 15.6. The number of allylic oxidation sites excluding steroid dienone is 1. The van der Waals surface area contributed by atoms with Crippen LogP contribution in [0.25, 0.3) is 0 Å². The third kappa shape index (κ3) is 3.20. The van der Waals surface area contributed by atoms with E-state index in [4.69, 9.17) is 0 Å². The Hall–Kier alpha value is -2.51. The SMILES string of the molecule is C[C@]12CC[C@H]3[C@@H](CCC4=CC(=O)CC[C@@]43C)[C@@H]1CC[C@@H]2C(C(=O)O)n1cc(F)c(=O)[nH]c1=O. The van der Waals surface area contributed by atoms with Gasteiger partial charge in [0.25, 0.3) is 5.56 Å². The Labute approximate surface area is 191 Å². The van der Waals surface area contributed by atoms with Crippen LogP contribution >= 0.6 is 0 Å². The molecule has 0 aliphatic heterocycles. The van der Waals surface area contributed by atoms with Crippen molar-refractivity contribution in [3.63, 3.8) is 0 Å². The zero-order valence-corrected chi connectivity index (χ0v) is 19.1. The Balaban J connectivity index is 1.50. The summed E-state index contributed by atoms with van der Waals surface area (Å²) in [5.74, 6) is -1.20. The molecule has 1 heterocycles. The number of carbonyl (C=O) groups is 2. The van der Waals surface area contributed by atoms with Crippen molar-refractivity contribution in [3.8, 4) is 0 Å². The van der Waals surface area contributed by atoms with Gasteiger partial charge < -0.3 is 5.11 Å². The predicted molar refractivity (Wildman–Crippen MR) is 118 cm³/mol. The van der Waals surface area contributed by atoms with Gasteiger partial charge >= 0.3 is 11.7 Å². The average molecular weight is 459 g/mol. The predicted octanol–water partition coefficient (Wildman–Crippen LogP) is 3.45. The van der Waals surface area contributed by atoms with Crippen LogP contribution in [0.3, 0.4) is 0 Å². The van der Waals surface area contributed by atoms with Crippen LogP contribution in [0.1, 0.15) is 71.3 Å². The molecule has 33 heavy (non-hydrogen) atoms. The molecule has 5 rings (SSSR count). The van der Waals surface area contributed by atoms with E-state index in [-0.39, 0.29) is 22.5 Å². The molecule has 4 aliphatic carbocycles. The molecule has 1 unspecified atom stereocenters. The molecule has 0 radical (unpaired) electrons. The number of carbonyl (C=O) groups excluding carboxylic acids is 1. The molecule has 0 amide bonds. The maximum absolute atomic E-state index is 14.0. The van der Waals surface area contributed by atoms with Crippen LogP contribution in [-0.4, -0.2) is 26.4 Å². The van der Waals surface area contributed by atoms with Gasteiger partial charge in [-0.25, -0.2) is 9.59 Å². The summed E-state index contributed by atoms with van der Waals surface area (Å²) in [7, 11) is 0. The second-order valence-corrected chi connectivity index (χ2v) is 11.1. The van der Waals surface area contributed by atoms with Crippen LogP contribution in [0.15, 0.2) is 27.4 Å². The second kappa shape index (κ2) is 7.50. The van der Waals surface area contributed by atoms with Crippen molar-refractivity contribution >= 4 is 11.8 Å². The number of aliphatic carboxylic acids is 1. The lowest BCUT2D eigenvalue weighted by molar-refractivity contribution is -0.146. The van der Waals surface area contributed by atoms with Crippen LogP contribution in [0.2, 0.25) is 0 Å². The van der Waals surface area contributed by atoms with E-state index < -0.39 is 29.1 Å². The smallest absolute Gasteiger partial charge is 0.329 e. The molecule has 1 aromatic heterocycles. The van der Waals surface area contributed by atoms with Gasteiger partial charge in [-0.15, -0.1) is 0 Å². The zero-order valence-electron chi connectivity index (χ0n) is 19.1. The molecular weight excluding hydrogens is 427 g/mol. The summed E-state index contributed by atoms with van der Waals surface area (Å²) >= 11 is 0. The fraction of sp³-hybridized carbons (Fsp3) is 0.680. The number of hydrogen-bond acceptors (Lipinski definition) is 4. The van der Waals surface area contributed by atoms with Crippen molar-refractivity contribution in [1.82, 2.24) is 9.55 Å². The average Bonchev–Trinajstić information content (AvgIpc) is 3.09. The number of carboxylic acids is 1. The van der Waals surface area contributed by atoms with Gasteiger partial charge in [0.2, 0.25) is 5.82 Å². The molecule has 1 aromatic rings. The number of nitrogens with one attached hydrogen (secondary N) is 1. The molecule has 0 spiro atoms. The molecule has 0 saturated heterocycles. The minimum absolute atomic E-state index is 0.0292. The van der Waals surface area contributed by atoms with Crippen molar-refractivity contribution in [2.75, 3.05) is 0 Å². The number of halogens is 1. The zero-order chi connectivity index (χ0) is 23.7. The first kappa shape index (κ1) is 22.3. The highest BCUT2D eigenvalue weighted by Crippen LogP contribution is 2.67. The number of carboxylic acid groups (broad SMARTS) is 1. The van der Waals surface area contributed by atoms with Crippen molar-refractivity contribution < 1.29 is 19.1 Å². The van der Waals surface area contributed by atoms with E-state index in [1.807, 2.05) is 11.1 Å². The van der Waals surface area contributed by atoms with Crippen molar-refractivity contribution in [2.24, 2.45) is 34.5 Å². The summed E-state index contributed by atoms with van der Waals surface area (Å²) in [4.78, 5) is 50.3. The van der Waals surface area contributed by atoms with E-state index in [0.717, 1.165) is 49.3 Å². The minimum atomic E-state index is -1.22. The van der Waals surface area contributed by atoms with Gasteiger partial charge in [-0.2, -0.15) is 4.39 Å². The summed E-state index contributed by atoms with van der Waals surface area (Å²) in [5, 5.41) is 10.1. The number of aromatic nitrogens is 2. The molecule has 7 nitrogen and oxygen atoms in total. The van der Waals surface area contributed by atoms with Gasteiger partial charge in [-0.1, -0.05) is 19.4 Å².